The van der Waals surface area contributed by atoms with Gasteiger partial charge in [0, 0.05) is 10.9 Å². The van der Waals surface area contributed by atoms with Crippen molar-refractivity contribution in [3.05, 3.63) is 36.0 Å². The molecule has 0 spiro atoms. The summed E-state index contributed by atoms with van der Waals surface area (Å²) in [5.74, 6) is -0.0377. The molecule has 2 N–H and O–H groups in total. The smallest absolute Gasteiger partial charge is 0.270 e. The molecule has 1 fully saturated rings. The molecule has 0 bridgehead atoms. The number of carbonyl (C=O) groups excluding carboxylic acids is 1. The maximum atomic E-state index is 12.2. The van der Waals surface area contributed by atoms with E-state index in [0.29, 0.717) is 25.2 Å². The molecule has 1 saturated heterocycles. The molecular weight excluding hydrogens is 228 g/mol. The zero-order chi connectivity index (χ0) is 12.8. The Balaban J connectivity index is 1.81. The zero-order valence-corrected chi connectivity index (χ0v) is 10.3. The molecule has 0 aliphatic carbocycles. The topological polar surface area (TPSA) is 56.3 Å². The summed E-state index contributed by atoms with van der Waals surface area (Å²) in [6.07, 6.45) is 0.684. The molecule has 0 radical (unpaired) electrons. The number of aromatic nitrogens is 1. The van der Waals surface area contributed by atoms with E-state index in [1.807, 2.05) is 37.3 Å². The lowest BCUT2D eigenvalue weighted by Crippen LogP contribution is -2.63. The van der Waals surface area contributed by atoms with Crippen LogP contribution in [0.5, 0.6) is 0 Å². The minimum atomic E-state index is -0.679. The first-order valence-electron chi connectivity index (χ1n) is 6.21. The summed E-state index contributed by atoms with van der Waals surface area (Å²) in [5.41, 5.74) is 0.878. The van der Waals surface area contributed by atoms with E-state index in [-0.39, 0.29) is 5.91 Å². The molecule has 0 atom stereocenters. The molecule has 18 heavy (non-hydrogen) atoms. The molecule has 4 nitrogen and oxygen atoms in total. The van der Waals surface area contributed by atoms with Crippen molar-refractivity contribution < 1.29 is 9.90 Å². The first kappa shape index (κ1) is 11.3. The Morgan fingerprint density at radius 3 is 2.83 bits per heavy atom. The number of amides is 1. The number of nitrogens with one attached hydrogen (secondary N) is 1. The van der Waals surface area contributed by atoms with Crippen molar-refractivity contribution in [1.29, 1.82) is 0 Å². The van der Waals surface area contributed by atoms with Crippen molar-refractivity contribution in [3.63, 3.8) is 0 Å². The van der Waals surface area contributed by atoms with Crippen LogP contribution in [0.3, 0.4) is 0 Å². The molecule has 1 aromatic carbocycles. The molecule has 0 unspecified atom stereocenters. The Bertz CT molecular complexity index is 564. The number of rotatable bonds is 2. The average molecular weight is 244 g/mol. The lowest BCUT2D eigenvalue weighted by Gasteiger charge is -2.45. The second-order valence-electron chi connectivity index (χ2n) is 5.01. The number of nitrogens with zero attached hydrogens (tertiary/aromatic N) is 1. The fourth-order valence-electron chi connectivity index (χ4n) is 2.39. The number of aliphatic hydroxyl groups is 1. The number of aromatic amines is 1. The first-order valence-corrected chi connectivity index (χ1v) is 6.21. The lowest BCUT2D eigenvalue weighted by atomic mass is 9.91. The Kier molecular flexibility index (Phi) is 2.41. The van der Waals surface area contributed by atoms with Crippen molar-refractivity contribution in [2.45, 2.75) is 18.9 Å². The van der Waals surface area contributed by atoms with Crippen LogP contribution >= 0.6 is 0 Å². The molecule has 3 rings (SSSR count). The van der Waals surface area contributed by atoms with Gasteiger partial charge in [0.1, 0.15) is 5.69 Å². The van der Waals surface area contributed by atoms with E-state index in [9.17, 15) is 9.90 Å². The minimum Gasteiger partial charge on any atom is -0.386 e. The largest absolute Gasteiger partial charge is 0.386 e. The fraction of sp³-hybridized carbons (Fsp3) is 0.357. The number of para-hydroxylation sites is 1. The second-order valence-corrected chi connectivity index (χ2v) is 5.01. The van der Waals surface area contributed by atoms with E-state index in [4.69, 9.17) is 0 Å². The third kappa shape index (κ3) is 1.69. The van der Waals surface area contributed by atoms with Gasteiger partial charge in [-0.2, -0.15) is 0 Å². The highest BCUT2D eigenvalue weighted by Gasteiger charge is 2.42. The number of β-amino-alcohol motifs (C(OH)–C–C–N with tert-alkyl or cyclic N) is 1. The summed E-state index contributed by atoms with van der Waals surface area (Å²) < 4.78 is 0. The zero-order valence-electron chi connectivity index (χ0n) is 10.3. The molecule has 4 heteroatoms. The standard InChI is InChI=1S/C14H16N2O2/c1-2-14(18)8-16(9-14)13(17)12-7-10-5-3-4-6-11(10)15-12/h3-7,15,18H,2,8-9H2,1H3. The Labute approximate surface area is 105 Å². The van der Waals surface area contributed by atoms with Crippen molar-refractivity contribution in [1.82, 2.24) is 9.88 Å². The monoisotopic (exact) mass is 244 g/mol. The van der Waals surface area contributed by atoms with Crippen LogP contribution in [0.1, 0.15) is 23.8 Å². The van der Waals surface area contributed by atoms with Gasteiger partial charge in [0.15, 0.2) is 0 Å². The van der Waals surface area contributed by atoms with Crippen LogP contribution in [0.2, 0.25) is 0 Å². The maximum absolute atomic E-state index is 12.2. The molecule has 1 amide bonds. The summed E-state index contributed by atoms with van der Waals surface area (Å²) >= 11 is 0. The van der Waals surface area contributed by atoms with Gasteiger partial charge in [0.05, 0.1) is 18.7 Å². The van der Waals surface area contributed by atoms with E-state index in [2.05, 4.69) is 4.98 Å². The third-order valence-corrected chi connectivity index (χ3v) is 3.68. The molecule has 1 aliphatic rings. The normalized spacial score (nSPS) is 17.8. The number of fused-ring (bicyclic) bond motifs is 1. The van der Waals surface area contributed by atoms with Gasteiger partial charge in [-0.05, 0) is 18.6 Å². The first-order chi connectivity index (χ1) is 8.61. The molecule has 94 valence electrons. The second kappa shape index (κ2) is 3.85. The maximum Gasteiger partial charge on any atom is 0.270 e. The Morgan fingerprint density at radius 2 is 2.17 bits per heavy atom. The number of likely N-dealkylation sites (tertiary alicyclic amines) is 1. The Hall–Kier alpha value is -1.81. The minimum absolute atomic E-state index is 0.0377. The number of H-pyrrole nitrogens is 1. The highest BCUT2D eigenvalue weighted by molar-refractivity contribution is 5.98. The molecule has 2 heterocycles. The molecular formula is C14H16N2O2. The number of carbonyl (C=O) groups is 1. The van der Waals surface area contributed by atoms with Crippen molar-refractivity contribution >= 4 is 16.8 Å². The molecule has 1 aliphatic heterocycles. The van der Waals surface area contributed by atoms with Crippen LogP contribution in [0, 0.1) is 0 Å². The lowest BCUT2D eigenvalue weighted by molar-refractivity contribution is -0.0827. The van der Waals surface area contributed by atoms with Crippen LogP contribution in [-0.2, 0) is 0 Å². The van der Waals surface area contributed by atoms with Crippen LogP contribution in [-0.4, -0.2) is 39.6 Å². The number of hydrogen-bond acceptors (Lipinski definition) is 2. The van der Waals surface area contributed by atoms with Crippen molar-refractivity contribution in [2.24, 2.45) is 0 Å². The molecule has 2 aromatic rings. The number of benzene rings is 1. The van der Waals surface area contributed by atoms with E-state index in [1.165, 1.54) is 0 Å². The van der Waals surface area contributed by atoms with Crippen LogP contribution in [0.4, 0.5) is 0 Å². The quantitative estimate of drug-likeness (QED) is 0.845. The summed E-state index contributed by atoms with van der Waals surface area (Å²) in [4.78, 5) is 17.0. The van der Waals surface area contributed by atoms with Gasteiger partial charge in [0.25, 0.3) is 5.91 Å². The predicted molar refractivity (Wildman–Crippen MR) is 69.4 cm³/mol. The SMILES string of the molecule is CCC1(O)CN(C(=O)c2cc3ccccc3[nH]2)C1. The molecule has 0 saturated carbocycles. The summed E-state index contributed by atoms with van der Waals surface area (Å²) in [6.45, 7) is 2.79. The van der Waals surface area contributed by atoms with E-state index >= 15 is 0 Å². The predicted octanol–water partition coefficient (Wildman–Crippen LogP) is 1.76. The van der Waals surface area contributed by atoms with Gasteiger partial charge >= 0.3 is 0 Å². The van der Waals surface area contributed by atoms with Crippen LogP contribution in [0.15, 0.2) is 30.3 Å². The van der Waals surface area contributed by atoms with Gasteiger partial charge in [0.2, 0.25) is 0 Å². The third-order valence-electron chi connectivity index (χ3n) is 3.68. The average Bonchev–Trinajstić information content (AvgIpc) is 2.77. The van der Waals surface area contributed by atoms with Gasteiger partial charge in [-0.1, -0.05) is 25.1 Å². The summed E-state index contributed by atoms with van der Waals surface area (Å²) in [7, 11) is 0. The van der Waals surface area contributed by atoms with Gasteiger partial charge in [-0.15, -0.1) is 0 Å². The molecule has 1 aromatic heterocycles. The number of hydrogen-bond donors (Lipinski definition) is 2. The van der Waals surface area contributed by atoms with Crippen LogP contribution in [0.25, 0.3) is 10.9 Å². The fourth-order valence-corrected chi connectivity index (χ4v) is 2.39. The summed E-state index contributed by atoms with van der Waals surface area (Å²) in [5, 5.41) is 11.0. The van der Waals surface area contributed by atoms with Crippen molar-refractivity contribution in [2.75, 3.05) is 13.1 Å². The van der Waals surface area contributed by atoms with E-state index in [1.54, 1.807) is 4.90 Å². The van der Waals surface area contributed by atoms with E-state index in [0.717, 1.165) is 10.9 Å². The van der Waals surface area contributed by atoms with Gasteiger partial charge in [-0.3, -0.25) is 4.79 Å². The van der Waals surface area contributed by atoms with Gasteiger partial charge < -0.3 is 15.0 Å². The van der Waals surface area contributed by atoms with E-state index < -0.39 is 5.60 Å². The van der Waals surface area contributed by atoms with Crippen molar-refractivity contribution in [3.8, 4) is 0 Å². The summed E-state index contributed by atoms with van der Waals surface area (Å²) in [6, 6.07) is 9.67. The Morgan fingerprint density at radius 1 is 1.44 bits per heavy atom. The van der Waals surface area contributed by atoms with Crippen LogP contribution < -0.4 is 0 Å². The highest BCUT2D eigenvalue weighted by Crippen LogP contribution is 2.26. The van der Waals surface area contributed by atoms with Gasteiger partial charge in [-0.25, -0.2) is 0 Å². The highest BCUT2D eigenvalue weighted by atomic mass is 16.3.